The first-order chi connectivity index (χ1) is 37.3. The van der Waals surface area contributed by atoms with Crippen LogP contribution < -0.4 is 10.6 Å². The number of nitrogens with one attached hydrogen (secondary N) is 2. The van der Waals surface area contributed by atoms with Crippen LogP contribution in [0.25, 0.3) is 0 Å². The number of hydrogen-bond acceptors (Lipinski definition) is 18. The summed E-state index contributed by atoms with van der Waals surface area (Å²) in [6.45, 7) is 7.55. The van der Waals surface area contributed by atoms with E-state index in [0.29, 0.717) is 0 Å². The van der Waals surface area contributed by atoms with E-state index in [4.69, 9.17) is 33.5 Å². The van der Waals surface area contributed by atoms with Crippen LogP contribution in [0, 0.1) is 16.7 Å². The van der Waals surface area contributed by atoms with Gasteiger partial charge in [0, 0.05) is 56.9 Å². The minimum absolute atomic E-state index is 0.00296. The highest BCUT2D eigenvalue weighted by Crippen LogP contribution is 2.64. The van der Waals surface area contributed by atoms with Crippen LogP contribution in [0.3, 0.4) is 0 Å². The summed E-state index contributed by atoms with van der Waals surface area (Å²) >= 11 is 0. The monoisotopic (exact) mass is 1100 g/mol. The lowest BCUT2D eigenvalue weighted by Crippen LogP contribution is -2.82. The van der Waals surface area contributed by atoms with Crippen LogP contribution in [-0.4, -0.2) is 140 Å². The molecule has 6 N–H and O–H groups in total. The summed E-state index contributed by atoms with van der Waals surface area (Å²) in [6, 6.07) is 20.2. The number of ether oxygens (including phenoxy) is 6. The van der Waals surface area contributed by atoms with E-state index in [1.165, 1.54) is 64.1 Å². The molecule has 22 nitrogen and oxygen atoms in total. The zero-order valence-corrected chi connectivity index (χ0v) is 44.3. The number of aliphatic hydroxyl groups is 2. The van der Waals surface area contributed by atoms with E-state index < -0.39 is 175 Å². The first-order valence-corrected chi connectivity index (χ1v) is 25.7. The molecule has 6 unspecified atom stereocenters. The molecule has 3 aromatic rings. The lowest BCUT2D eigenvalue weighted by atomic mass is 9.44. The Morgan fingerprint density at radius 2 is 1.38 bits per heavy atom. The third-order valence-electron chi connectivity index (χ3n) is 15.8. The Kier molecular flexibility index (Phi) is 17.6. The highest BCUT2D eigenvalue weighted by Gasteiger charge is 2.78. The van der Waals surface area contributed by atoms with Gasteiger partial charge in [0.1, 0.15) is 36.0 Å². The Morgan fingerprint density at radius 1 is 0.772 bits per heavy atom. The number of carbonyl (C=O) groups excluding carboxylic acids is 8. The van der Waals surface area contributed by atoms with Crippen LogP contribution in [0.15, 0.2) is 102 Å². The molecule has 22 heteroatoms. The molecule has 422 valence electrons. The molecule has 4 aliphatic rings. The maximum atomic E-state index is 15.8. The molecule has 3 aromatic carbocycles. The van der Waals surface area contributed by atoms with Crippen molar-refractivity contribution in [3.63, 3.8) is 0 Å². The minimum atomic E-state index is -2.55. The second-order valence-electron chi connectivity index (χ2n) is 21.1. The molecule has 2 amide bonds. The Hall–Kier alpha value is -7.82. The van der Waals surface area contributed by atoms with Crippen LogP contribution in [0.5, 0.6) is 0 Å². The maximum Gasteiger partial charge on any atom is 0.350 e. The number of aliphatic hydroxyl groups excluding tert-OH is 1. The fraction of sp³-hybridized carbons (Fsp3) is 0.474. The Labute approximate surface area is 454 Å². The number of carboxylic acids is 2. The lowest BCUT2D eigenvalue weighted by molar-refractivity contribution is -0.346. The number of carbonyl (C=O) groups is 10. The SMILES string of the molecule is CC(=O)O[C@H]1C(=O)[C@@]2(C)C(C(OC(=O)c3ccccc3)[C@]3(O)CC(OC(=O)C(OC(=O)CCCC(=O)NC(CCC(=O)O)C(=O)O)C(NC(=O)c4ccccc4)c4ccccc4)C(C)=C1C3(C)C)[C@]1(OC(C)=O)CO[C@@H]1C[C@@H]2O. The van der Waals surface area contributed by atoms with Gasteiger partial charge in [-0.15, -0.1) is 0 Å². The number of Topliss-reactive ketones (excluding diaryl/α,β-unsaturated/α-hetero) is 1. The third kappa shape index (κ3) is 11.8. The van der Waals surface area contributed by atoms with Crippen LogP contribution in [0.1, 0.15) is 119 Å². The number of benzene rings is 3. The first kappa shape index (κ1) is 58.9. The number of rotatable bonds is 20. The molecule has 3 fully saturated rings. The summed E-state index contributed by atoms with van der Waals surface area (Å²) in [6.07, 6.45) is -13.7. The third-order valence-corrected chi connectivity index (χ3v) is 15.8. The van der Waals surface area contributed by atoms with E-state index in [2.05, 4.69) is 10.6 Å². The van der Waals surface area contributed by atoms with Crippen molar-refractivity contribution in [3.8, 4) is 0 Å². The van der Waals surface area contributed by atoms with Gasteiger partial charge in [0.15, 0.2) is 17.5 Å². The van der Waals surface area contributed by atoms with Gasteiger partial charge < -0.3 is 59.5 Å². The van der Waals surface area contributed by atoms with Crippen molar-refractivity contribution in [2.24, 2.45) is 16.7 Å². The van der Waals surface area contributed by atoms with Gasteiger partial charge in [0.25, 0.3) is 5.91 Å². The predicted molar refractivity (Wildman–Crippen MR) is 272 cm³/mol. The topological polar surface area (TPSA) is 331 Å². The average molecular weight is 1100 g/mol. The second-order valence-corrected chi connectivity index (χ2v) is 21.1. The van der Waals surface area contributed by atoms with Gasteiger partial charge in [-0.25, -0.2) is 14.4 Å². The molecule has 3 aliphatic carbocycles. The summed E-state index contributed by atoms with van der Waals surface area (Å²) < 4.78 is 36.7. The highest BCUT2D eigenvalue weighted by molar-refractivity contribution is 5.96. The van der Waals surface area contributed by atoms with Gasteiger partial charge >= 0.3 is 41.8 Å². The van der Waals surface area contributed by atoms with Crippen molar-refractivity contribution in [2.45, 2.75) is 146 Å². The van der Waals surface area contributed by atoms with Crippen molar-refractivity contribution in [2.75, 3.05) is 6.61 Å². The van der Waals surface area contributed by atoms with Crippen LogP contribution >= 0.6 is 0 Å². The summed E-state index contributed by atoms with van der Waals surface area (Å²) in [4.78, 5) is 136. The summed E-state index contributed by atoms with van der Waals surface area (Å²) in [7, 11) is 0. The van der Waals surface area contributed by atoms with Gasteiger partial charge in [0.2, 0.25) is 12.0 Å². The van der Waals surface area contributed by atoms with Crippen LogP contribution in [-0.2, 0) is 66.8 Å². The smallest absolute Gasteiger partial charge is 0.350 e. The van der Waals surface area contributed by atoms with Crippen LogP contribution in [0.4, 0.5) is 0 Å². The van der Waals surface area contributed by atoms with E-state index in [0.717, 1.165) is 13.8 Å². The normalized spacial score (nSPS) is 27.7. The van der Waals surface area contributed by atoms with Crippen molar-refractivity contribution >= 4 is 59.4 Å². The van der Waals surface area contributed by atoms with E-state index in [1.807, 2.05) is 0 Å². The predicted octanol–water partition coefficient (Wildman–Crippen LogP) is 3.89. The Morgan fingerprint density at radius 3 is 1.94 bits per heavy atom. The zero-order chi connectivity index (χ0) is 57.8. The van der Waals surface area contributed by atoms with Gasteiger partial charge in [-0.2, -0.15) is 0 Å². The first-order valence-electron chi connectivity index (χ1n) is 25.7. The molecule has 1 aliphatic heterocycles. The molecule has 12 atom stereocenters. The van der Waals surface area contributed by atoms with Crippen molar-refractivity contribution < 1.29 is 96.8 Å². The minimum Gasteiger partial charge on any atom is -0.481 e. The molecular formula is C57H64N2O20. The molecule has 0 radical (unpaired) electrons. The molecule has 7 rings (SSSR count). The summed E-state index contributed by atoms with van der Waals surface area (Å²) in [5.41, 5.74) is -8.10. The summed E-state index contributed by atoms with van der Waals surface area (Å²) in [5, 5.41) is 49.8. The zero-order valence-electron chi connectivity index (χ0n) is 44.3. The van der Waals surface area contributed by atoms with E-state index >= 15 is 9.59 Å². The fourth-order valence-electron chi connectivity index (χ4n) is 11.7. The van der Waals surface area contributed by atoms with Crippen molar-refractivity contribution in [3.05, 3.63) is 119 Å². The Bertz CT molecular complexity index is 2890. The second kappa shape index (κ2) is 23.6. The number of fused-ring (bicyclic) bond motifs is 5. The van der Waals surface area contributed by atoms with E-state index in [-0.39, 0.29) is 40.7 Å². The molecule has 79 heavy (non-hydrogen) atoms. The van der Waals surface area contributed by atoms with Gasteiger partial charge in [-0.05, 0) is 67.7 Å². The number of aliphatic carboxylic acids is 2. The van der Waals surface area contributed by atoms with Gasteiger partial charge in [-0.1, -0.05) is 80.6 Å². The Balaban J connectivity index is 1.34. The molecular weight excluding hydrogens is 1030 g/mol. The van der Waals surface area contributed by atoms with E-state index in [1.54, 1.807) is 54.6 Å². The molecule has 1 heterocycles. The molecule has 1 saturated heterocycles. The van der Waals surface area contributed by atoms with E-state index in [9.17, 15) is 53.7 Å². The lowest BCUT2D eigenvalue weighted by Gasteiger charge is -2.67. The van der Waals surface area contributed by atoms with Gasteiger partial charge in [0.05, 0.1) is 29.6 Å². The molecule has 0 spiro atoms. The van der Waals surface area contributed by atoms with Crippen molar-refractivity contribution in [1.29, 1.82) is 0 Å². The number of amides is 2. The van der Waals surface area contributed by atoms with Crippen molar-refractivity contribution in [1.82, 2.24) is 10.6 Å². The fourth-order valence-corrected chi connectivity index (χ4v) is 11.7. The number of hydrogen-bond donors (Lipinski definition) is 6. The molecule has 2 saturated carbocycles. The van der Waals surface area contributed by atoms with Crippen LogP contribution in [0.2, 0.25) is 0 Å². The molecule has 2 bridgehead atoms. The largest absolute Gasteiger partial charge is 0.481 e. The van der Waals surface area contributed by atoms with Gasteiger partial charge in [-0.3, -0.25) is 33.6 Å². The highest BCUT2D eigenvalue weighted by atomic mass is 16.6. The average Bonchev–Trinajstić information content (AvgIpc) is 2.02. The summed E-state index contributed by atoms with van der Waals surface area (Å²) in [5.74, 6) is -12.2. The quantitative estimate of drug-likeness (QED) is 0.0531. The standard InChI is InChI=1S/C57H64N2O20/c1-30-37(76-53(72)46(44(33-17-10-7-11-18-33)59-50(68)34-19-12-8-13-20-34)77-42(66)24-16-23-40(63)58-36(51(69)70)25-26-41(64)65)28-57(73)49(78-52(71)35-21-14-9-15-22-35)47-55(6,38(62)27-39-56(47,29-74-39)79-32(3)61)48(67)45(75-31(2)60)43(30)54(57,4)5/h7-15,17-22,36-39,44-47,49,62,73H,16,23-29H2,1-6H3,(H,58,63)(H,59,68)(H,64,65)(H,69,70)/t36?,37?,38-,39+,44?,45+,46?,47?,49?,55+,56-,57+/m0/s1. The number of ketones is 1. The number of esters is 5. The molecule has 0 aromatic heterocycles. The maximum absolute atomic E-state index is 15.8. The number of carboxylic acid groups (broad SMARTS) is 2.